The summed E-state index contributed by atoms with van der Waals surface area (Å²) in [5.41, 5.74) is 4.14. The number of rotatable bonds is 4. The number of benzene rings is 2. The molecule has 2 aromatic carbocycles. The normalized spacial score (nSPS) is 17.3. The second kappa shape index (κ2) is 13.9. The van der Waals surface area contributed by atoms with Crippen molar-refractivity contribution in [3.05, 3.63) is 106 Å². The highest BCUT2D eigenvalue weighted by atomic mass is 32.1. The van der Waals surface area contributed by atoms with E-state index < -0.39 is 0 Å². The number of nitrogens with zero attached hydrogens (tertiary/aromatic N) is 6. The van der Waals surface area contributed by atoms with Crippen LogP contribution in [0.15, 0.2) is 83.8 Å². The first kappa shape index (κ1) is 30.3. The van der Waals surface area contributed by atoms with Gasteiger partial charge in [-0.2, -0.15) is 5.26 Å². The molecule has 2 aliphatic rings. The third-order valence-electron chi connectivity index (χ3n) is 8.89. The summed E-state index contributed by atoms with van der Waals surface area (Å²) in [6.45, 7) is 4.01. The van der Waals surface area contributed by atoms with Crippen LogP contribution < -0.4 is 9.64 Å². The average molecular weight is 621 g/mol. The van der Waals surface area contributed by atoms with Crippen LogP contribution in [0.3, 0.4) is 0 Å². The van der Waals surface area contributed by atoms with E-state index in [1.807, 2.05) is 70.5 Å². The number of hydrogen-bond acceptors (Lipinski definition) is 8. The molecule has 0 atom stereocenters. The SMILES string of the molecule is N#Cc1ccc(N2CCCC3(CCN(C(=O)c4cscn4)CC3)COc3ccccc3C(=O)N(Cc3ccccc3)CC2)nc1. The highest BCUT2D eigenvalue weighted by Gasteiger charge is 2.38. The second-order valence-electron chi connectivity index (χ2n) is 11.8. The predicted octanol–water partition coefficient (Wildman–Crippen LogP) is 5.65. The van der Waals surface area contributed by atoms with E-state index in [0.717, 1.165) is 43.6 Å². The zero-order valence-electron chi connectivity index (χ0n) is 25.2. The fraction of sp³-hybridized carbons (Fsp3) is 0.343. The molecule has 4 aromatic rings. The summed E-state index contributed by atoms with van der Waals surface area (Å²) in [7, 11) is 0. The van der Waals surface area contributed by atoms with Crippen molar-refractivity contribution in [2.24, 2.45) is 5.41 Å². The van der Waals surface area contributed by atoms with Crippen molar-refractivity contribution in [3.63, 3.8) is 0 Å². The van der Waals surface area contributed by atoms with Gasteiger partial charge in [0.1, 0.15) is 23.3 Å². The van der Waals surface area contributed by atoms with Crippen LogP contribution in [-0.2, 0) is 6.54 Å². The van der Waals surface area contributed by atoms with Gasteiger partial charge in [-0.3, -0.25) is 9.59 Å². The lowest BCUT2D eigenvalue weighted by Gasteiger charge is -2.42. The van der Waals surface area contributed by atoms with Crippen LogP contribution in [0.25, 0.3) is 0 Å². The third kappa shape index (κ3) is 7.15. The van der Waals surface area contributed by atoms with Crippen molar-refractivity contribution in [2.45, 2.75) is 32.2 Å². The Morgan fingerprint density at radius 1 is 0.933 bits per heavy atom. The van der Waals surface area contributed by atoms with Gasteiger partial charge in [0.05, 0.1) is 23.2 Å². The Labute approximate surface area is 267 Å². The quantitative estimate of drug-likeness (QED) is 0.290. The molecule has 6 rings (SSSR count). The molecule has 0 unspecified atom stereocenters. The van der Waals surface area contributed by atoms with Crippen LogP contribution in [-0.4, -0.2) is 70.9 Å². The molecule has 45 heavy (non-hydrogen) atoms. The van der Waals surface area contributed by atoms with Gasteiger partial charge < -0.3 is 19.4 Å². The van der Waals surface area contributed by atoms with E-state index in [1.54, 1.807) is 23.2 Å². The Hall–Kier alpha value is -4.75. The molecule has 1 spiro atoms. The van der Waals surface area contributed by atoms with Gasteiger partial charge >= 0.3 is 0 Å². The number of ether oxygens (including phenoxy) is 1. The molecule has 2 aliphatic heterocycles. The molecule has 1 fully saturated rings. The summed E-state index contributed by atoms with van der Waals surface area (Å²) in [6, 6.07) is 23.4. The molecule has 1 saturated heterocycles. The number of pyridine rings is 1. The molecule has 0 bridgehead atoms. The number of thiazole rings is 1. The lowest BCUT2D eigenvalue weighted by atomic mass is 9.75. The van der Waals surface area contributed by atoms with E-state index in [2.05, 4.69) is 20.9 Å². The Kier molecular flexibility index (Phi) is 9.36. The van der Waals surface area contributed by atoms with Gasteiger partial charge in [0, 0.05) is 56.3 Å². The molecule has 230 valence electrons. The number of amides is 2. The first-order chi connectivity index (χ1) is 22.0. The van der Waals surface area contributed by atoms with E-state index in [0.29, 0.717) is 61.9 Å². The number of hydrogen-bond donors (Lipinski definition) is 0. The minimum atomic E-state index is -0.156. The average Bonchev–Trinajstić information content (AvgIpc) is 3.64. The summed E-state index contributed by atoms with van der Waals surface area (Å²) in [4.78, 5) is 42.1. The number of anilines is 1. The number of para-hydroxylation sites is 1. The summed E-state index contributed by atoms with van der Waals surface area (Å²) in [5.74, 6) is 1.26. The number of carbonyl (C=O) groups excluding carboxylic acids is 2. The molecule has 0 saturated carbocycles. The first-order valence-corrected chi connectivity index (χ1v) is 16.3. The zero-order valence-corrected chi connectivity index (χ0v) is 26.0. The standard InChI is InChI=1S/C35H36N6O3S/c36-21-28-11-12-32(37-22-28)39-16-6-13-35(14-17-40(18-15-35)34(43)30-24-45-26-38-30)25-44-31-10-5-4-9-29(31)33(42)41(20-19-39)23-27-7-2-1-3-8-27/h1-5,7-12,22,24,26H,6,13-20,23,25H2. The van der Waals surface area contributed by atoms with Gasteiger partial charge in [-0.1, -0.05) is 42.5 Å². The van der Waals surface area contributed by atoms with Crippen LogP contribution in [0.5, 0.6) is 5.75 Å². The smallest absolute Gasteiger partial charge is 0.273 e. The van der Waals surface area contributed by atoms with Crippen LogP contribution in [0.1, 0.15) is 57.7 Å². The molecule has 9 nitrogen and oxygen atoms in total. The molecule has 0 N–H and O–H groups in total. The van der Waals surface area contributed by atoms with Crippen molar-refractivity contribution in [2.75, 3.05) is 44.2 Å². The molecule has 10 heteroatoms. The summed E-state index contributed by atoms with van der Waals surface area (Å²) >= 11 is 1.43. The van der Waals surface area contributed by atoms with Crippen molar-refractivity contribution in [3.8, 4) is 11.8 Å². The van der Waals surface area contributed by atoms with E-state index in [4.69, 9.17) is 4.74 Å². The van der Waals surface area contributed by atoms with E-state index in [1.165, 1.54) is 11.3 Å². The minimum Gasteiger partial charge on any atom is -0.492 e. The van der Waals surface area contributed by atoms with Gasteiger partial charge in [-0.25, -0.2) is 9.97 Å². The minimum absolute atomic E-state index is 0.0239. The topological polar surface area (TPSA) is 103 Å². The van der Waals surface area contributed by atoms with Gasteiger partial charge in [-0.15, -0.1) is 11.3 Å². The number of piperidine rings is 1. The second-order valence-corrected chi connectivity index (χ2v) is 12.5. The predicted molar refractivity (Wildman–Crippen MR) is 173 cm³/mol. The summed E-state index contributed by atoms with van der Waals surface area (Å²) in [5, 5.41) is 11.1. The Balaban J connectivity index is 1.29. The number of carbonyl (C=O) groups is 2. The molecule has 2 aromatic heterocycles. The van der Waals surface area contributed by atoms with Crippen molar-refractivity contribution in [1.82, 2.24) is 19.8 Å². The fourth-order valence-corrected chi connectivity index (χ4v) is 6.75. The maximum atomic E-state index is 14.2. The van der Waals surface area contributed by atoms with Crippen LogP contribution in [0, 0.1) is 16.7 Å². The number of aromatic nitrogens is 2. The maximum absolute atomic E-state index is 14.2. The first-order valence-electron chi connectivity index (χ1n) is 15.4. The maximum Gasteiger partial charge on any atom is 0.273 e. The monoisotopic (exact) mass is 620 g/mol. The highest BCUT2D eigenvalue weighted by molar-refractivity contribution is 7.07. The van der Waals surface area contributed by atoms with Crippen molar-refractivity contribution >= 4 is 29.0 Å². The number of likely N-dealkylation sites (tertiary alicyclic amines) is 1. The number of nitriles is 1. The van der Waals surface area contributed by atoms with Gasteiger partial charge in [0.25, 0.3) is 11.8 Å². The number of fused-ring (bicyclic) bond motifs is 1. The zero-order chi connectivity index (χ0) is 31.1. The molecular weight excluding hydrogens is 584 g/mol. The van der Waals surface area contributed by atoms with Crippen LogP contribution in [0.4, 0.5) is 5.82 Å². The van der Waals surface area contributed by atoms with Gasteiger partial charge in [0.15, 0.2) is 0 Å². The van der Waals surface area contributed by atoms with Crippen LogP contribution >= 0.6 is 11.3 Å². The highest BCUT2D eigenvalue weighted by Crippen LogP contribution is 2.38. The van der Waals surface area contributed by atoms with E-state index in [9.17, 15) is 14.9 Å². The molecule has 4 heterocycles. The Bertz CT molecular complexity index is 1630. The van der Waals surface area contributed by atoms with Crippen molar-refractivity contribution in [1.29, 1.82) is 5.26 Å². The summed E-state index contributed by atoms with van der Waals surface area (Å²) < 4.78 is 6.55. The fourth-order valence-electron chi connectivity index (χ4n) is 6.22. The Morgan fingerprint density at radius 2 is 1.73 bits per heavy atom. The van der Waals surface area contributed by atoms with Crippen molar-refractivity contribution < 1.29 is 14.3 Å². The third-order valence-corrected chi connectivity index (χ3v) is 9.48. The molecule has 0 aliphatic carbocycles. The molecule has 2 amide bonds. The Morgan fingerprint density at radius 3 is 2.47 bits per heavy atom. The van der Waals surface area contributed by atoms with Gasteiger partial charge in [0.2, 0.25) is 0 Å². The van der Waals surface area contributed by atoms with Crippen LogP contribution in [0.2, 0.25) is 0 Å². The lowest BCUT2D eigenvalue weighted by molar-refractivity contribution is 0.0360. The largest absolute Gasteiger partial charge is 0.492 e. The molecule has 0 radical (unpaired) electrons. The van der Waals surface area contributed by atoms with Gasteiger partial charge in [-0.05, 0) is 55.5 Å². The summed E-state index contributed by atoms with van der Waals surface area (Å²) in [6.07, 6.45) is 4.99. The molecular formula is C35H36N6O3S. The lowest BCUT2D eigenvalue weighted by Crippen LogP contribution is -2.46. The van der Waals surface area contributed by atoms with E-state index >= 15 is 0 Å². The van der Waals surface area contributed by atoms with E-state index in [-0.39, 0.29) is 17.2 Å².